The number of rotatable bonds is 4. The number of benzene rings is 2. The first kappa shape index (κ1) is 18.4. The zero-order valence-corrected chi connectivity index (χ0v) is 16.2. The van der Waals surface area contributed by atoms with Crippen LogP contribution < -0.4 is 16.2 Å². The maximum Gasteiger partial charge on any atom is 0.332 e. The molecule has 0 saturated carbocycles. The van der Waals surface area contributed by atoms with Crippen molar-refractivity contribution in [1.29, 1.82) is 0 Å². The molecule has 0 saturated heterocycles. The second kappa shape index (κ2) is 6.90. The molecule has 8 heteroatoms. The van der Waals surface area contributed by atoms with Crippen molar-refractivity contribution in [3.8, 4) is 22.8 Å². The molecule has 4 rings (SSSR count). The molecular weight excluding hydrogens is 370 g/mol. The van der Waals surface area contributed by atoms with Gasteiger partial charge in [0.15, 0.2) is 17.2 Å². The second-order valence-electron chi connectivity index (χ2n) is 6.72. The van der Waals surface area contributed by atoms with E-state index in [2.05, 4.69) is 15.0 Å². The van der Waals surface area contributed by atoms with Crippen LogP contribution in [0.3, 0.4) is 0 Å². The van der Waals surface area contributed by atoms with E-state index in [1.54, 1.807) is 31.4 Å². The average Bonchev–Trinajstić information content (AvgIpc) is 3.05. The first-order valence-electron chi connectivity index (χ1n) is 8.93. The van der Waals surface area contributed by atoms with Crippen LogP contribution in [0.1, 0.15) is 21.6 Å². The van der Waals surface area contributed by atoms with Crippen LogP contribution in [0.15, 0.2) is 47.3 Å². The number of ether oxygens (including phenoxy) is 1. The van der Waals surface area contributed by atoms with E-state index in [0.717, 1.165) is 11.1 Å². The lowest BCUT2D eigenvalue weighted by atomic mass is 10.1. The number of carbonyl (C=O) groups is 1. The van der Waals surface area contributed by atoms with Crippen LogP contribution in [-0.2, 0) is 0 Å². The van der Waals surface area contributed by atoms with Crippen molar-refractivity contribution < 1.29 is 9.53 Å². The summed E-state index contributed by atoms with van der Waals surface area (Å²) in [6.45, 7) is 3.96. The molecule has 0 fully saturated rings. The van der Waals surface area contributed by atoms with Gasteiger partial charge in [0.2, 0.25) is 0 Å². The van der Waals surface area contributed by atoms with Crippen LogP contribution in [0, 0.1) is 13.8 Å². The van der Waals surface area contributed by atoms with Gasteiger partial charge in [-0.05, 0) is 61.4 Å². The van der Waals surface area contributed by atoms with Crippen LogP contribution in [0.25, 0.3) is 28.2 Å². The molecule has 2 heterocycles. The topological polar surface area (TPSA) is 116 Å². The predicted octanol–water partition coefficient (Wildman–Crippen LogP) is 2.50. The number of hydrogen-bond donors (Lipinski definition) is 2. The molecule has 0 atom stereocenters. The number of nitrogens with one attached hydrogen (secondary N) is 1. The van der Waals surface area contributed by atoms with Gasteiger partial charge >= 0.3 is 5.69 Å². The highest BCUT2D eigenvalue weighted by molar-refractivity contribution is 6.02. The highest BCUT2D eigenvalue weighted by Crippen LogP contribution is 2.24. The molecule has 1 amide bonds. The number of aromatic amines is 1. The van der Waals surface area contributed by atoms with Gasteiger partial charge in [0.05, 0.1) is 12.8 Å². The van der Waals surface area contributed by atoms with Crippen molar-refractivity contribution in [1.82, 2.24) is 19.5 Å². The Hall–Kier alpha value is -3.94. The minimum atomic E-state index is -0.749. The number of nitrogens with zero attached hydrogens (tertiary/aromatic N) is 3. The summed E-state index contributed by atoms with van der Waals surface area (Å²) in [7, 11) is 1.57. The van der Waals surface area contributed by atoms with Crippen LogP contribution in [0.2, 0.25) is 0 Å². The maximum absolute atomic E-state index is 12.7. The predicted molar refractivity (Wildman–Crippen MR) is 109 cm³/mol. The van der Waals surface area contributed by atoms with Gasteiger partial charge in [-0.2, -0.15) is 0 Å². The monoisotopic (exact) mass is 389 g/mol. The molecule has 0 aliphatic rings. The number of carbonyl (C=O) groups excluding carboxylic acids is 1. The third-order valence-electron chi connectivity index (χ3n) is 4.87. The highest BCUT2D eigenvalue weighted by Gasteiger charge is 2.20. The van der Waals surface area contributed by atoms with E-state index in [0.29, 0.717) is 17.0 Å². The van der Waals surface area contributed by atoms with Crippen LogP contribution in [0.5, 0.6) is 5.75 Å². The molecular formula is C21H19N5O3. The molecule has 0 bridgehead atoms. The lowest BCUT2D eigenvalue weighted by Gasteiger charge is -2.08. The van der Waals surface area contributed by atoms with Crippen molar-refractivity contribution >= 4 is 17.1 Å². The fourth-order valence-electron chi connectivity index (χ4n) is 3.14. The summed E-state index contributed by atoms with van der Waals surface area (Å²) in [4.78, 5) is 36.3. The summed E-state index contributed by atoms with van der Waals surface area (Å²) in [5, 5.41) is 0. The molecule has 29 heavy (non-hydrogen) atoms. The first-order chi connectivity index (χ1) is 13.9. The molecule has 0 radical (unpaired) electrons. The van der Waals surface area contributed by atoms with Crippen molar-refractivity contribution in [3.63, 3.8) is 0 Å². The molecule has 0 aliphatic heterocycles. The van der Waals surface area contributed by atoms with E-state index in [1.807, 2.05) is 32.0 Å². The lowest BCUT2D eigenvalue weighted by molar-refractivity contribution is 0.0997. The molecule has 3 N–H and O–H groups in total. The van der Waals surface area contributed by atoms with Gasteiger partial charge in [0.25, 0.3) is 5.91 Å². The fourth-order valence-corrected chi connectivity index (χ4v) is 3.14. The number of aromatic nitrogens is 4. The fraction of sp³-hybridized carbons (Fsp3) is 0.143. The van der Waals surface area contributed by atoms with E-state index in [1.165, 1.54) is 4.57 Å². The summed E-state index contributed by atoms with van der Waals surface area (Å²) in [5.41, 5.74) is 9.00. The zero-order chi connectivity index (χ0) is 20.7. The Bertz CT molecular complexity index is 1300. The van der Waals surface area contributed by atoms with Gasteiger partial charge in [-0.1, -0.05) is 6.07 Å². The van der Waals surface area contributed by atoms with E-state index in [-0.39, 0.29) is 22.7 Å². The quantitative estimate of drug-likeness (QED) is 0.556. The average molecular weight is 389 g/mol. The number of aryl methyl sites for hydroxylation is 2. The number of imidazole rings is 1. The molecule has 4 aromatic rings. The van der Waals surface area contributed by atoms with E-state index >= 15 is 0 Å². The smallest absolute Gasteiger partial charge is 0.332 e. The second-order valence-corrected chi connectivity index (χ2v) is 6.72. The molecule has 8 nitrogen and oxygen atoms in total. The summed E-state index contributed by atoms with van der Waals surface area (Å²) in [5.74, 6) is 0.213. The number of methoxy groups -OCH3 is 1. The molecule has 2 aromatic carbocycles. The normalized spacial score (nSPS) is 11.0. The van der Waals surface area contributed by atoms with Crippen molar-refractivity contribution in [2.75, 3.05) is 7.11 Å². The van der Waals surface area contributed by atoms with E-state index < -0.39 is 11.6 Å². The van der Waals surface area contributed by atoms with Gasteiger partial charge in [0.1, 0.15) is 11.3 Å². The van der Waals surface area contributed by atoms with Gasteiger partial charge in [-0.3, -0.25) is 4.79 Å². The van der Waals surface area contributed by atoms with Gasteiger partial charge < -0.3 is 15.5 Å². The Morgan fingerprint density at radius 2 is 1.79 bits per heavy atom. The van der Waals surface area contributed by atoms with Gasteiger partial charge in [-0.15, -0.1) is 0 Å². The third kappa shape index (κ3) is 3.14. The van der Waals surface area contributed by atoms with Gasteiger partial charge in [-0.25, -0.2) is 19.3 Å². The summed E-state index contributed by atoms with van der Waals surface area (Å²) in [6, 6.07) is 12.7. The maximum atomic E-state index is 12.7. The minimum Gasteiger partial charge on any atom is -0.497 e. The first-order valence-corrected chi connectivity index (χ1v) is 8.93. The molecule has 0 unspecified atom stereocenters. The zero-order valence-electron chi connectivity index (χ0n) is 16.2. The van der Waals surface area contributed by atoms with Crippen LogP contribution in [-0.4, -0.2) is 32.5 Å². The van der Waals surface area contributed by atoms with E-state index in [9.17, 15) is 9.59 Å². The largest absolute Gasteiger partial charge is 0.497 e. The molecule has 2 aromatic heterocycles. The van der Waals surface area contributed by atoms with E-state index in [4.69, 9.17) is 10.5 Å². The SMILES string of the molecule is COc1ccc(-c2nc(C(N)=O)c3[nH]c(=O)n(-c4ccc(C)c(C)c4)c3n2)cc1. The Balaban J connectivity index is 2.01. The number of H-pyrrole nitrogens is 1. The van der Waals surface area contributed by atoms with Crippen molar-refractivity contribution in [2.24, 2.45) is 5.73 Å². The van der Waals surface area contributed by atoms with Crippen LogP contribution in [0.4, 0.5) is 0 Å². The van der Waals surface area contributed by atoms with Crippen molar-refractivity contribution in [3.05, 3.63) is 69.8 Å². The molecule has 146 valence electrons. The number of amides is 1. The molecule has 0 spiro atoms. The lowest BCUT2D eigenvalue weighted by Crippen LogP contribution is -2.15. The number of hydrogen-bond acceptors (Lipinski definition) is 5. The number of nitrogens with two attached hydrogens (primary N) is 1. The summed E-state index contributed by atoms with van der Waals surface area (Å²) >= 11 is 0. The van der Waals surface area contributed by atoms with Crippen LogP contribution >= 0.6 is 0 Å². The standard InChI is InChI=1S/C21H19N5O3/c1-11-4-7-14(10-12(11)2)26-20-17(24-21(26)28)16(18(22)27)23-19(25-20)13-5-8-15(29-3)9-6-13/h4-10H,1-3H3,(H2,22,27)(H,24,28). The summed E-state index contributed by atoms with van der Waals surface area (Å²) in [6.07, 6.45) is 0. The Morgan fingerprint density at radius 1 is 1.07 bits per heavy atom. The number of primary amides is 1. The summed E-state index contributed by atoms with van der Waals surface area (Å²) < 4.78 is 6.59. The van der Waals surface area contributed by atoms with Crippen molar-refractivity contribution in [2.45, 2.75) is 13.8 Å². The molecule has 0 aliphatic carbocycles. The third-order valence-corrected chi connectivity index (χ3v) is 4.87. The minimum absolute atomic E-state index is 0.0412. The Morgan fingerprint density at radius 3 is 2.41 bits per heavy atom. The van der Waals surface area contributed by atoms with Gasteiger partial charge in [0, 0.05) is 5.56 Å². The number of fused-ring (bicyclic) bond motifs is 1. The Kier molecular flexibility index (Phi) is 4.38. The Labute approximate surface area is 166 Å². The highest BCUT2D eigenvalue weighted by atomic mass is 16.5.